The summed E-state index contributed by atoms with van der Waals surface area (Å²) in [6, 6.07) is -1.97. The monoisotopic (exact) mass is 467 g/mol. The van der Waals surface area contributed by atoms with Crippen molar-refractivity contribution in [3.63, 3.8) is 0 Å². The number of amides is 1. The number of carbonyl (C=O) groups is 3. The van der Waals surface area contributed by atoms with Gasteiger partial charge in [-0.1, -0.05) is 0 Å². The van der Waals surface area contributed by atoms with Crippen LogP contribution in [0.15, 0.2) is 0 Å². The summed E-state index contributed by atoms with van der Waals surface area (Å²) in [5, 5.41) is 1.27. The average molecular weight is 467 g/mol. The number of alkyl halides is 9. The van der Waals surface area contributed by atoms with Gasteiger partial charge in [-0.15, -0.1) is 0 Å². The second kappa shape index (κ2) is 9.21. The Morgan fingerprint density at radius 1 is 0.833 bits per heavy atom. The minimum Gasteiger partial charge on any atom is -0.343 e. The van der Waals surface area contributed by atoms with Gasteiger partial charge in [-0.2, -0.15) is 49.3 Å². The molecule has 4 atom stereocenters. The summed E-state index contributed by atoms with van der Waals surface area (Å²) in [7, 11) is 0. The predicted octanol–water partition coefficient (Wildman–Crippen LogP) is 1.61. The highest BCUT2D eigenvalue weighted by atomic mass is 19.4. The number of ether oxygens (including phenoxy) is 1. The van der Waals surface area contributed by atoms with Crippen LogP contribution in [0.4, 0.5) is 39.5 Å². The van der Waals surface area contributed by atoms with Crippen LogP contribution in [-0.4, -0.2) is 60.9 Å². The van der Waals surface area contributed by atoms with E-state index in [0.29, 0.717) is 0 Å². The van der Waals surface area contributed by atoms with Crippen LogP contribution in [0.3, 0.4) is 0 Å². The van der Waals surface area contributed by atoms with Crippen molar-refractivity contribution in [1.82, 2.24) is 5.32 Å². The van der Waals surface area contributed by atoms with Gasteiger partial charge in [0.05, 0.1) is 12.1 Å². The first-order valence-electron chi connectivity index (χ1n) is 7.35. The van der Waals surface area contributed by atoms with Crippen molar-refractivity contribution < 1.29 is 78.2 Å². The van der Waals surface area contributed by atoms with Crippen molar-refractivity contribution in [2.24, 2.45) is 0 Å². The van der Waals surface area contributed by atoms with E-state index in [9.17, 15) is 53.9 Å². The normalized spacial score (nSPS) is 25.4. The Bertz CT molecular complexity index is 647. The first-order valence-corrected chi connectivity index (χ1v) is 7.35. The molecule has 1 amide bonds. The van der Waals surface area contributed by atoms with Crippen molar-refractivity contribution in [2.45, 2.75) is 56.4 Å². The van der Waals surface area contributed by atoms with Crippen LogP contribution in [0.1, 0.15) is 13.3 Å². The molecule has 0 aromatic carbocycles. The van der Waals surface area contributed by atoms with Crippen molar-refractivity contribution in [3.05, 3.63) is 0 Å². The lowest BCUT2D eigenvalue weighted by atomic mass is 9.99. The van der Waals surface area contributed by atoms with Gasteiger partial charge >= 0.3 is 36.4 Å². The molecule has 0 aromatic rings. The Labute approximate surface area is 159 Å². The highest BCUT2D eigenvalue weighted by Crippen LogP contribution is 2.27. The number of carbonyl (C=O) groups excluding carboxylic acids is 3. The van der Waals surface area contributed by atoms with Gasteiger partial charge in [-0.3, -0.25) is 14.6 Å². The third-order valence-electron chi connectivity index (χ3n) is 3.17. The molecule has 1 rings (SSSR count). The van der Waals surface area contributed by atoms with Crippen molar-refractivity contribution in [2.75, 3.05) is 0 Å². The van der Waals surface area contributed by atoms with Gasteiger partial charge in [-0.05, 0) is 6.92 Å². The molecule has 0 aliphatic carbocycles. The molecule has 1 saturated heterocycles. The number of nitrogens with one attached hydrogen (secondary N) is 1. The van der Waals surface area contributed by atoms with Gasteiger partial charge in [0.2, 0.25) is 6.29 Å². The third-order valence-corrected chi connectivity index (χ3v) is 3.17. The lowest BCUT2D eigenvalue weighted by Crippen LogP contribution is -2.58. The van der Waals surface area contributed by atoms with Crippen LogP contribution in [0, 0.1) is 0 Å². The fraction of sp³-hybridized carbons (Fsp3) is 0.750. The third kappa shape index (κ3) is 7.48. The minimum atomic E-state index is -5.54. The Morgan fingerprint density at radius 3 is 1.73 bits per heavy atom. The average Bonchev–Trinajstić information content (AvgIpc) is 2.55. The van der Waals surface area contributed by atoms with Gasteiger partial charge in [0, 0.05) is 6.42 Å². The Balaban J connectivity index is 2.90. The van der Waals surface area contributed by atoms with E-state index in [0.717, 1.165) is 6.92 Å². The van der Waals surface area contributed by atoms with E-state index < -0.39 is 67.3 Å². The molecule has 0 saturated carbocycles. The van der Waals surface area contributed by atoms with E-state index in [1.807, 2.05) is 0 Å². The topological polar surface area (TPSA) is 109 Å². The largest absolute Gasteiger partial charge is 0.494 e. The fourth-order valence-corrected chi connectivity index (χ4v) is 1.93. The predicted molar refractivity (Wildman–Crippen MR) is 67.2 cm³/mol. The Hall–Kier alpha value is -2.34. The first kappa shape index (κ1) is 25.7. The van der Waals surface area contributed by atoms with Crippen LogP contribution < -0.4 is 5.32 Å². The molecule has 0 bridgehead atoms. The van der Waals surface area contributed by atoms with Crippen molar-refractivity contribution >= 4 is 17.8 Å². The van der Waals surface area contributed by atoms with Crippen molar-refractivity contribution in [3.8, 4) is 0 Å². The summed E-state index contributed by atoms with van der Waals surface area (Å²) in [5.74, 6) is -8.37. The molecule has 0 aromatic heterocycles. The van der Waals surface area contributed by atoms with Crippen LogP contribution in [0.5, 0.6) is 0 Å². The summed E-state index contributed by atoms with van der Waals surface area (Å²) in [4.78, 5) is 47.3. The van der Waals surface area contributed by atoms with Crippen LogP contribution in [0.2, 0.25) is 0 Å². The number of hydrogen-bond acceptors (Lipinski definition) is 8. The molecule has 18 heteroatoms. The standard InChI is InChI=1S/C12H10F9NO8/c1-3-6(28-30-9(25)12(19,20)21)4(22-7(23)10(13,14)15)2-5(26-3)27-29-8(24)11(16,17)18/h3-6H,2H2,1H3,(H,22,23)/t3-,4-,5?,6+/m0/s1. The lowest BCUT2D eigenvalue weighted by Gasteiger charge is -2.38. The summed E-state index contributed by atoms with van der Waals surface area (Å²) in [5.41, 5.74) is 0. The van der Waals surface area contributed by atoms with E-state index in [-0.39, 0.29) is 0 Å². The lowest BCUT2D eigenvalue weighted by molar-refractivity contribution is -0.403. The summed E-state index contributed by atoms with van der Waals surface area (Å²) in [6.07, 6.45) is -23.2. The van der Waals surface area contributed by atoms with E-state index in [4.69, 9.17) is 4.74 Å². The van der Waals surface area contributed by atoms with Gasteiger partial charge in [0.1, 0.15) is 0 Å². The molecule has 1 fully saturated rings. The second-order valence-corrected chi connectivity index (χ2v) is 5.48. The summed E-state index contributed by atoms with van der Waals surface area (Å²) < 4.78 is 115. The zero-order valence-corrected chi connectivity index (χ0v) is 14.2. The molecular weight excluding hydrogens is 457 g/mol. The molecule has 1 aliphatic heterocycles. The minimum absolute atomic E-state index is 0.903. The molecule has 174 valence electrons. The van der Waals surface area contributed by atoms with Gasteiger partial charge in [0.15, 0.2) is 6.10 Å². The summed E-state index contributed by atoms with van der Waals surface area (Å²) in [6.45, 7) is 0.903. The highest BCUT2D eigenvalue weighted by molar-refractivity contribution is 5.82. The maximum absolute atomic E-state index is 12.4. The molecule has 1 heterocycles. The first-order chi connectivity index (χ1) is 13.4. The maximum Gasteiger partial charge on any atom is 0.494 e. The van der Waals surface area contributed by atoms with E-state index in [1.54, 1.807) is 0 Å². The van der Waals surface area contributed by atoms with Gasteiger partial charge in [-0.25, -0.2) is 9.59 Å². The van der Waals surface area contributed by atoms with E-state index in [2.05, 4.69) is 19.6 Å². The van der Waals surface area contributed by atoms with Gasteiger partial charge < -0.3 is 10.1 Å². The van der Waals surface area contributed by atoms with Crippen LogP contribution in [-0.2, 0) is 38.7 Å². The Kier molecular flexibility index (Phi) is 7.89. The van der Waals surface area contributed by atoms with Crippen molar-refractivity contribution in [1.29, 1.82) is 0 Å². The van der Waals surface area contributed by atoms with E-state index in [1.165, 1.54) is 5.32 Å². The van der Waals surface area contributed by atoms with Gasteiger partial charge in [0.25, 0.3) is 0 Å². The molecule has 0 radical (unpaired) electrons. The SMILES string of the molecule is C[C@@H]1OC(OOC(=O)C(F)(F)F)C[C@H](NC(=O)C(F)(F)F)[C@@H]1OOC(=O)C(F)(F)F. The number of hydrogen-bond donors (Lipinski definition) is 1. The smallest absolute Gasteiger partial charge is 0.343 e. The zero-order chi connectivity index (χ0) is 23.5. The quantitative estimate of drug-likeness (QED) is 0.369. The second-order valence-electron chi connectivity index (χ2n) is 5.48. The molecule has 1 N–H and O–H groups in total. The zero-order valence-electron chi connectivity index (χ0n) is 14.2. The molecule has 9 nitrogen and oxygen atoms in total. The number of rotatable bonds is 5. The molecule has 1 unspecified atom stereocenters. The maximum atomic E-state index is 12.4. The van der Waals surface area contributed by atoms with Crippen LogP contribution >= 0.6 is 0 Å². The number of halogens is 9. The molecular formula is C12H10F9NO8. The molecule has 30 heavy (non-hydrogen) atoms. The highest BCUT2D eigenvalue weighted by Gasteiger charge is 2.49. The Morgan fingerprint density at radius 2 is 1.30 bits per heavy atom. The van der Waals surface area contributed by atoms with E-state index >= 15 is 0 Å². The molecule has 0 spiro atoms. The van der Waals surface area contributed by atoms with Crippen LogP contribution in [0.25, 0.3) is 0 Å². The fourth-order valence-electron chi connectivity index (χ4n) is 1.93. The molecule has 1 aliphatic rings. The summed E-state index contributed by atoms with van der Waals surface area (Å²) >= 11 is 0.